The third-order valence-corrected chi connectivity index (χ3v) is 9.72. The molecule has 0 aliphatic carbocycles. The number of anilines is 1. The zero-order valence-electron chi connectivity index (χ0n) is 23.4. The van der Waals surface area contributed by atoms with Crippen LogP contribution in [0.3, 0.4) is 0 Å². The van der Waals surface area contributed by atoms with E-state index in [9.17, 15) is 27.9 Å². The minimum absolute atomic E-state index is 0.0187. The molecule has 3 heterocycles. The number of likely N-dealkylation sites (N-methyl/N-ethyl adjacent to an activating group) is 1. The Balaban J connectivity index is 1.70. The average molecular weight is 583 g/mol. The number of para-hydroxylation sites is 1. The number of benzene rings is 2. The number of ether oxygens (including phenoxy) is 1. The van der Waals surface area contributed by atoms with E-state index in [1.165, 1.54) is 38.4 Å². The number of rotatable bonds is 8. The summed E-state index contributed by atoms with van der Waals surface area (Å²) in [6.07, 6.45) is 0.483. The fourth-order valence-corrected chi connectivity index (χ4v) is 7.36. The number of amides is 2. The predicted octanol–water partition coefficient (Wildman–Crippen LogP) is 1.60. The van der Waals surface area contributed by atoms with Crippen molar-refractivity contribution in [3.05, 3.63) is 65.2 Å². The highest BCUT2D eigenvalue weighted by Crippen LogP contribution is 2.53. The van der Waals surface area contributed by atoms with Gasteiger partial charge in [0.25, 0.3) is 17.6 Å². The van der Waals surface area contributed by atoms with Gasteiger partial charge in [-0.2, -0.15) is 4.31 Å². The number of carbonyl (C=O) groups is 3. The van der Waals surface area contributed by atoms with Crippen molar-refractivity contribution in [3.8, 4) is 0 Å². The fraction of sp³-hybridized carbons (Fsp3) is 0.414. The van der Waals surface area contributed by atoms with E-state index >= 15 is 0 Å². The number of morpholine rings is 1. The first-order chi connectivity index (χ1) is 19.6. The minimum Gasteiger partial charge on any atom is -0.507 e. The summed E-state index contributed by atoms with van der Waals surface area (Å²) in [5.74, 6) is -2.99. The van der Waals surface area contributed by atoms with E-state index in [4.69, 9.17) is 4.74 Å². The SMILES string of the molecule is CCN1C(=O)C2(C(=C(O)c3cccc(S(=O)(=O)N4CCOCC4)c3)C(=O)C(=O)N2CCCN(C)C)c2ccccc21. The number of ketones is 1. The van der Waals surface area contributed by atoms with Crippen molar-refractivity contribution in [2.75, 3.05) is 64.9 Å². The van der Waals surface area contributed by atoms with Crippen molar-refractivity contribution < 1.29 is 32.6 Å². The molecular formula is C29H34N4O7S. The lowest BCUT2D eigenvalue weighted by molar-refractivity contribution is -0.143. The molecule has 12 heteroatoms. The number of hydrogen-bond donors (Lipinski definition) is 1. The summed E-state index contributed by atoms with van der Waals surface area (Å²) < 4.78 is 33.3. The molecule has 218 valence electrons. The van der Waals surface area contributed by atoms with Gasteiger partial charge in [0, 0.05) is 37.3 Å². The van der Waals surface area contributed by atoms with Crippen LogP contribution in [0.15, 0.2) is 59.0 Å². The molecule has 41 heavy (non-hydrogen) atoms. The zero-order chi connectivity index (χ0) is 29.5. The minimum atomic E-state index is -3.92. The molecule has 2 aromatic rings. The van der Waals surface area contributed by atoms with Crippen LogP contribution in [0, 0.1) is 0 Å². The number of aliphatic hydroxyl groups is 1. The summed E-state index contributed by atoms with van der Waals surface area (Å²) in [7, 11) is -0.148. The van der Waals surface area contributed by atoms with E-state index in [0.29, 0.717) is 24.2 Å². The monoisotopic (exact) mass is 582 g/mol. The molecule has 1 N–H and O–H groups in total. The average Bonchev–Trinajstić information content (AvgIpc) is 3.35. The Hall–Kier alpha value is -3.58. The van der Waals surface area contributed by atoms with Crippen LogP contribution in [0.25, 0.3) is 5.76 Å². The number of nitrogens with zero attached hydrogens (tertiary/aromatic N) is 4. The van der Waals surface area contributed by atoms with Crippen molar-refractivity contribution in [3.63, 3.8) is 0 Å². The fourth-order valence-electron chi connectivity index (χ4n) is 5.91. The first-order valence-electron chi connectivity index (χ1n) is 13.6. The van der Waals surface area contributed by atoms with Crippen LogP contribution in [0.2, 0.25) is 0 Å². The van der Waals surface area contributed by atoms with Crippen molar-refractivity contribution in [2.45, 2.75) is 23.8 Å². The Morgan fingerprint density at radius 2 is 1.76 bits per heavy atom. The highest BCUT2D eigenvalue weighted by molar-refractivity contribution is 7.89. The van der Waals surface area contributed by atoms with Gasteiger partial charge in [-0.05, 0) is 52.2 Å². The lowest BCUT2D eigenvalue weighted by atomic mass is 9.82. The van der Waals surface area contributed by atoms with Crippen molar-refractivity contribution in [1.29, 1.82) is 0 Å². The lowest BCUT2D eigenvalue weighted by Gasteiger charge is -2.34. The molecule has 3 aliphatic rings. The Labute approximate surface area is 239 Å². The molecule has 0 aromatic heterocycles. The van der Waals surface area contributed by atoms with E-state index in [1.807, 2.05) is 19.0 Å². The summed E-state index contributed by atoms with van der Waals surface area (Å²) in [5.41, 5.74) is -1.24. The van der Waals surface area contributed by atoms with Crippen LogP contribution < -0.4 is 4.90 Å². The maximum Gasteiger partial charge on any atom is 0.296 e. The van der Waals surface area contributed by atoms with E-state index in [-0.39, 0.29) is 55.4 Å². The molecule has 3 aliphatic heterocycles. The van der Waals surface area contributed by atoms with E-state index in [1.54, 1.807) is 31.2 Å². The number of likely N-dealkylation sites (tertiary alicyclic amines) is 1. The molecular weight excluding hydrogens is 548 g/mol. The first-order valence-corrected chi connectivity index (χ1v) is 15.0. The summed E-state index contributed by atoms with van der Waals surface area (Å²) in [4.78, 5) is 46.3. The standard InChI is InChI=1S/C29H34N4O7S/c1-4-32-23-12-6-5-11-22(23)29(28(32)37)24(26(35)27(36)33(29)14-8-13-30(2)3)25(34)20-9-7-10-21(19-20)41(38,39)31-15-17-40-18-16-31/h5-7,9-12,19,34H,4,8,13-18H2,1-3H3. The van der Waals surface area contributed by atoms with Gasteiger partial charge in [-0.15, -0.1) is 0 Å². The summed E-state index contributed by atoms with van der Waals surface area (Å²) in [6, 6.07) is 12.5. The highest BCUT2D eigenvalue weighted by Gasteiger charge is 2.66. The second-order valence-electron chi connectivity index (χ2n) is 10.5. The van der Waals surface area contributed by atoms with Crippen LogP contribution in [0.4, 0.5) is 5.69 Å². The van der Waals surface area contributed by atoms with Gasteiger partial charge in [-0.3, -0.25) is 14.4 Å². The van der Waals surface area contributed by atoms with Crippen LogP contribution in [0.5, 0.6) is 0 Å². The molecule has 0 saturated carbocycles. The van der Waals surface area contributed by atoms with Gasteiger partial charge in [0.2, 0.25) is 10.0 Å². The zero-order valence-corrected chi connectivity index (χ0v) is 24.2. The van der Waals surface area contributed by atoms with Gasteiger partial charge in [0.1, 0.15) is 5.76 Å². The summed E-state index contributed by atoms with van der Waals surface area (Å²) in [6.45, 7) is 3.71. The predicted molar refractivity (Wildman–Crippen MR) is 152 cm³/mol. The number of aliphatic hydroxyl groups excluding tert-OH is 1. The van der Waals surface area contributed by atoms with E-state index < -0.39 is 38.9 Å². The number of sulfonamides is 1. The molecule has 2 amide bonds. The Morgan fingerprint density at radius 3 is 2.44 bits per heavy atom. The van der Waals surface area contributed by atoms with Crippen molar-refractivity contribution in [1.82, 2.24) is 14.1 Å². The Kier molecular flexibility index (Phi) is 7.77. The molecule has 5 rings (SSSR count). The topological polar surface area (TPSA) is 128 Å². The van der Waals surface area contributed by atoms with E-state index in [2.05, 4.69) is 0 Å². The second kappa shape index (κ2) is 11.0. The summed E-state index contributed by atoms with van der Waals surface area (Å²) in [5, 5.41) is 11.7. The molecule has 2 saturated heterocycles. The number of hydrogen-bond acceptors (Lipinski definition) is 8. The summed E-state index contributed by atoms with van der Waals surface area (Å²) >= 11 is 0. The lowest BCUT2D eigenvalue weighted by Crippen LogP contribution is -2.52. The van der Waals surface area contributed by atoms with Crippen LogP contribution in [-0.2, 0) is 34.7 Å². The highest BCUT2D eigenvalue weighted by atomic mass is 32.2. The maximum atomic E-state index is 14.3. The van der Waals surface area contributed by atoms with E-state index in [0.717, 1.165) is 0 Å². The van der Waals surface area contributed by atoms with Gasteiger partial charge >= 0.3 is 0 Å². The molecule has 0 bridgehead atoms. The van der Waals surface area contributed by atoms with Gasteiger partial charge in [-0.25, -0.2) is 8.42 Å². The Morgan fingerprint density at radius 1 is 1.05 bits per heavy atom. The largest absolute Gasteiger partial charge is 0.507 e. The van der Waals surface area contributed by atoms with Crippen LogP contribution in [-0.4, -0.2) is 105 Å². The molecule has 2 fully saturated rings. The molecule has 1 unspecified atom stereocenters. The van der Waals surface area contributed by atoms with Crippen molar-refractivity contribution in [2.24, 2.45) is 0 Å². The third-order valence-electron chi connectivity index (χ3n) is 7.83. The van der Waals surface area contributed by atoms with Crippen molar-refractivity contribution >= 4 is 39.1 Å². The van der Waals surface area contributed by atoms with Gasteiger partial charge < -0.3 is 24.5 Å². The number of carbonyl (C=O) groups excluding carboxylic acids is 3. The number of Topliss-reactive ketones (excluding diaryl/α,β-unsaturated/α-hetero) is 1. The number of fused-ring (bicyclic) bond motifs is 2. The smallest absolute Gasteiger partial charge is 0.296 e. The molecule has 1 atom stereocenters. The molecule has 2 aromatic carbocycles. The Bertz CT molecular complexity index is 1530. The normalized spacial score (nSPS) is 22.8. The molecule has 0 radical (unpaired) electrons. The van der Waals surface area contributed by atoms with Crippen LogP contribution >= 0.6 is 0 Å². The molecule has 1 spiro atoms. The molecule has 11 nitrogen and oxygen atoms in total. The van der Waals surface area contributed by atoms with Crippen LogP contribution in [0.1, 0.15) is 24.5 Å². The quantitative estimate of drug-likeness (QED) is 0.283. The maximum absolute atomic E-state index is 14.3. The van der Waals surface area contributed by atoms with Gasteiger partial charge in [0.05, 0.1) is 29.4 Å². The first kappa shape index (κ1) is 28.9. The van der Waals surface area contributed by atoms with Gasteiger partial charge in [-0.1, -0.05) is 30.3 Å². The second-order valence-corrected chi connectivity index (χ2v) is 12.4. The third kappa shape index (κ3) is 4.55. The van der Waals surface area contributed by atoms with Gasteiger partial charge in [0.15, 0.2) is 5.54 Å².